The molecule has 0 saturated heterocycles. The number of nitrogens with two attached hydrogens (primary N) is 1. The molecule has 0 aromatic heterocycles. The minimum Gasteiger partial charge on any atom is -0.465 e. The van der Waals surface area contributed by atoms with Crippen molar-refractivity contribution >= 4 is 5.97 Å². The molecule has 2 N–H and O–H groups in total. The lowest BCUT2D eigenvalue weighted by molar-refractivity contribution is -0.145. The van der Waals surface area contributed by atoms with Crippen molar-refractivity contribution in [1.82, 2.24) is 0 Å². The smallest absolute Gasteiger partial charge is 0.305 e. The Bertz CT molecular complexity index is 181. The van der Waals surface area contributed by atoms with E-state index < -0.39 is 0 Å². The molecule has 0 bridgehead atoms. The molecule has 3 heteroatoms. The highest BCUT2D eigenvalue weighted by molar-refractivity contribution is 5.69. The molecular formula is C13H27NO2. The van der Waals surface area contributed by atoms with Gasteiger partial charge in [0.1, 0.15) is 0 Å². The number of carbonyl (C=O) groups is 1. The van der Waals surface area contributed by atoms with Gasteiger partial charge in [-0.2, -0.15) is 0 Å². The Labute approximate surface area is 99.7 Å². The SMILES string of the molecule is CCCCC(CC)COC(=O)CCC(C)N. The van der Waals surface area contributed by atoms with Crippen molar-refractivity contribution < 1.29 is 9.53 Å². The van der Waals surface area contributed by atoms with E-state index in [2.05, 4.69) is 13.8 Å². The molecule has 0 rings (SSSR count). The van der Waals surface area contributed by atoms with Gasteiger partial charge < -0.3 is 10.5 Å². The third-order valence-electron chi connectivity index (χ3n) is 2.83. The fourth-order valence-electron chi connectivity index (χ4n) is 1.53. The highest BCUT2D eigenvalue weighted by atomic mass is 16.5. The Morgan fingerprint density at radius 2 is 2.00 bits per heavy atom. The summed E-state index contributed by atoms with van der Waals surface area (Å²) in [6.07, 6.45) is 5.83. The van der Waals surface area contributed by atoms with Gasteiger partial charge in [-0.25, -0.2) is 0 Å². The molecule has 0 radical (unpaired) electrons. The summed E-state index contributed by atoms with van der Waals surface area (Å²) in [6, 6.07) is 0.0783. The van der Waals surface area contributed by atoms with Crippen LogP contribution in [0.25, 0.3) is 0 Å². The van der Waals surface area contributed by atoms with Crippen LogP contribution in [0.1, 0.15) is 59.3 Å². The summed E-state index contributed by atoms with van der Waals surface area (Å²) in [6.45, 7) is 6.81. The van der Waals surface area contributed by atoms with Gasteiger partial charge >= 0.3 is 5.97 Å². The Morgan fingerprint density at radius 1 is 1.31 bits per heavy atom. The molecule has 0 amide bonds. The van der Waals surface area contributed by atoms with Gasteiger partial charge in [-0.1, -0.05) is 33.1 Å². The number of hydrogen-bond acceptors (Lipinski definition) is 3. The zero-order valence-electron chi connectivity index (χ0n) is 11.0. The molecule has 0 saturated carbocycles. The fourth-order valence-corrected chi connectivity index (χ4v) is 1.53. The Hall–Kier alpha value is -0.570. The standard InChI is InChI=1S/C13H27NO2/c1-4-6-7-12(5-2)10-16-13(15)9-8-11(3)14/h11-12H,4-10,14H2,1-3H3. The predicted octanol–water partition coefficient (Wildman–Crippen LogP) is 2.87. The van der Waals surface area contributed by atoms with Crippen LogP contribution in [0.3, 0.4) is 0 Å². The van der Waals surface area contributed by atoms with Gasteiger partial charge in [0, 0.05) is 12.5 Å². The van der Waals surface area contributed by atoms with E-state index in [0.717, 1.165) is 12.8 Å². The van der Waals surface area contributed by atoms with E-state index in [1.54, 1.807) is 0 Å². The summed E-state index contributed by atoms with van der Waals surface area (Å²) in [5, 5.41) is 0. The molecule has 2 atom stereocenters. The summed E-state index contributed by atoms with van der Waals surface area (Å²) in [7, 11) is 0. The summed E-state index contributed by atoms with van der Waals surface area (Å²) in [4.78, 5) is 11.4. The molecule has 3 nitrogen and oxygen atoms in total. The fraction of sp³-hybridized carbons (Fsp3) is 0.923. The zero-order chi connectivity index (χ0) is 12.4. The molecule has 16 heavy (non-hydrogen) atoms. The molecule has 0 aliphatic carbocycles. The van der Waals surface area contributed by atoms with Crippen LogP contribution in [0.4, 0.5) is 0 Å². The van der Waals surface area contributed by atoms with Crippen LogP contribution in [-0.2, 0) is 9.53 Å². The van der Waals surface area contributed by atoms with Crippen molar-refractivity contribution in [1.29, 1.82) is 0 Å². The first-order valence-corrected chi connectivity index (χ1v) is 6.51. The molecule has 0 heterocycles. The van der Waals surface area contributed by atoms with Gasteiger partial charge in [0.25, 0.3) is 0 Å². The third-order valence-corrected chi connectivity index (χ3v) is 2.83. The predicted molar refractivity (Wildman–Crippen MR) is 67.1 cm³/mol. The Balaban J connectivity index is 3.62. The van der Waals surface area contributed by atoms with Crippen molar-refractivity contribution in [2.75, 3.05) is 6.61 Å². The topological polar surface area (TPSA) is 52.3 Å². The summed E-state index contributed by atoms with van der Waals surface area (Å²) in [5.74, 6) is 0.423. The molecule has 2 unspecified atom stereocenters. The van der Waals surface area contributed by atoms with Crippen molar-refractivity contribution in [3.05, 3.63) is 0 Å². The van der Waals surface area contributed by atoms with Gasteiger partial charge in [0.15, 0.2) is 0 Å². The molecule has 0 fully saturated rings. The molecule has 0 aromatic carbocycles. The van der Waals surface area contributed by atoms with Crippen molar-refractivity contribution in [2.45, 2.75) is 65.3 Å². The number of unbranched alkanes of at least 4 members (excludes halogenated alkanes) is 1. The van der Waals surface area contributed by atoms with Gasteiger partial charge in [-0.05, 0) is 25.7 Å². The molecule has 0 aliphatic heterocycles. The second-order valence-corrected chi connectivity index (χ2v) is 4.62. The minimum absolute atomic E-state index is 0.0783. The van der Waals surface area contributed by atoms with Crippen molar-refractivity contribution in [2.24, 2.45) is 11.7 Å². The van der Waals surface area contributed by atoms with Gasteiger partial charge in [-0.15, -0.1) is 0 Å². The van der Waals surface area contributed by atoms with E-state index in [1.165, 1.54) is 12.8 Å². The van der Waals surface area contributed by atoms with Crippen LogP contribution < -0.4 is 5.73 Å². The zero-order valence-corrected chi connectivity index (χ0v) is 11.0. The Morgan fingerprint density at radius 3 is 2.50 bits per heavy atom. The lowest BCUT2D eigenvalue weighted by atomic mass is 10.0. The summed E-state index contributed by atoms with van der Waals surface area (Å²) >= 11 is 0. The Kier molecular flexibility index (Phi) is 9.30. The average Bonchev–Trinajstić information content (AvgIpc) is 2.26. The number of rotatable bonds is 9. The normalized spacial score (nSPS) is 14.5. The van der Waals surface area contributed by atoms with Crippen LogP contribution in [-0.4, -0.2) is 18.6 Å². The first-order valence-electron chi connectivity index (χ1n) is 6.51. The first-order chi connectivity index (χ1) is 7.60. The third kappa shape index (κ3) is 8.72. The highest BCUT2D eigenvalue weighted by Crippen LogP contribution is 2.13. The second-order valence-electron chi connectivity index (χ2n) is 4.62. The quantitative estimate of drug-likeness (QED) is 0.618. The van der Waals surface area contributed by atoms with E-state index in [4.69, 9.17) is 10.5 Å². The summed E-state index contributed by atoms with van der Waals surface area (Å²) < 4.78 is 5.25. The number of carbonyl (C=O) groups excluding carboxylic acids is 1. The maximum Gasteiger partial charge on any atom is 0.305 e. The van der Waals surface area contributed by atoms with Crippen LogP contribution >= 0.6 is 0 Å². The van der Waals surface area contributed by atoms with E-state index in [0.29, 0.717) is 25.4 Å². The second kappa shape index (κ2) is 9.64. The molecule has 0 spiro atoms. The van der Waals surface area contributed by atoms with E-state index >= 15 is 0 Å². The lowest BCUT2D eigenvalue weighted by Crippen LogP contribution is -2.19. The molecule has 96 valence electrons. The lowest BCUT2D eigenvalue weighted by Gasteiger charge is -2.14. The first kappa shape index (κ1) is 15.4. The van der Waals surface area contributed by atoms with Gasteiger partial charge in [0.2, 0.25) is 0 Å². The number of esters is 1. The minimum atomic E-state index is -0.104. The van der Waals surface area contributed by atoms with E-state index in [9.17, 15) is 4.79 Å². The maximum absolute atomic E-state index is 11.4. The van der Waals surface area contributed by atoms with Gasteiger partial charge in [0.05, 0.1) is 6.61 Å². The van der Waals surface area contributed by atoms with Crippen LogP contribution in [0.15, 0.2) is 0 Å². The molecule has 0 aromatic rings. The van der Waals surface area contributed by atoms with E-state index in [1.807, 2.05) is 6.92 Å². The summed E-state index contributed by atoms with van der Waals surface area (Å²) in [5.41, 5.74) is 5.58. The van der Waals surface area contributed by atoms with E-state index in [-0.39, 0.29) is 12.0 Å². The monoisotopic (exact) mass is 229 g/mol. The van der Waals surface area contributed by atoms with Crippen LogP contribution in [0, 0.1) is 5.92 Å². The van der Waals surface area contributed by atoms with Gasteiger partial charge in [-0.3, -0.25) is 4.79 Å². The largest absolute Gasteiger partial charge is 0.465 e. The number of ether oxygens (including phenoxy) is 1. The maximum atomic E-state index is 11.4. The van der Waals surface area contributed by atoms with Crippen LogP contribution in [0.2, 0.25) is 0 Å². The molecular weight excluding hydrogens is 202 g/mol. The van der Waals surface area contributed by atoms with Crippen LogP contribution in [0.5, 0.6) is 0 Å². The van der Waals surface area contributed by atoms with Crippen molar-refractivity contribution in [3.63, 3.8) is 0 Å². The van der Waals surface area contributed by atoms with Crippen molar-refractivity contribution in [3.8, 4) is 0 Å². The molecule has 0 aliphatic rings. The number of hydrogen-bond donors (Lipinski definition) is 1. The average molecular weight is 229 g/mol. The highest BCUT2D eigenvalue weighted by Gasteiger charge is 2.10.